The molecule has 2 saturated carbocycles. The lowest BCUT2D eigenvalue weighted by Gasteiger charge is -2.23. The first kappa shape index (κ1) is 13.8. The first-order valence-electron chi connectivity index (χ1n) is 7.37. The molecule has 0 spiro atoms. The summed E-state index contributed by atoms with van der Waals surface area (Å²) < 4.78 is 43.7. The number of rotatable bonds is 4. The molecule has 2 aliphatic rings. The van der Waals surface area contributed by atoms with Gasteiger partial charge in [0.05, 0.1) is 6.61 Å². The number of aryl methyl sites for hydroxylation is 1. The van der Waals surface area contributed by atoms with Crippen LogP contribution in [0.15, 0.2) is 18.2 Å². The van der Waals surface area contributed by atoms with Gasteiger partial charge in [-0.3, -0.25) is 0 Å². The van der Waals surface area contributed by atoms with Crippen molar-refractivity contribution in [1.29, 1.82) is 0 Å². The molecule has 3 rings (SSSR count). The highest BCUT2D eigenvalue weighted by Crippen LogP contribution is 2.48. The smallest absolute Gasteiger partial charge is 0.493 e. The Hall–Kier alpha value is -1.13. The maximum atomic E-state index is 12.7. The van der Waals surface area contributed by atoms with Crippen molar-refractivity contribution < 1.29 is 17.7 Å². The summed E-state index contributed by atoms with van der Waals surface area (Å²) in [7, 11) is 0. The van der Waals surface area contributed by atoms with Gasteiger partial charge in [-0.05, 0) is 55.6 Å². The van der Waals surface area contributed by atoms with Crippen molar-refractivity contribution in [2.75, 3.05) is 6.61 Å². The third-order valence-electron chi connectivity index (χ3n) is 4.91. The topological polar surface area (TPSA) is 9.23 Å². The normalized spacial score (nSPS) is 28.9. The third kappa shape index (κ3) is 2.67. The van der Waals surface area contributed by atoms with Crippen LogP contribution in [0.3, 0.4) is 0 Å². The van der Waals surface area contributed by atoms with Crippen LogP contribution in [-0.4, -0.2) is 13.6 Å². The van der Waals surface area contributed by atoms with Crippen LogP contribution >= 0.6 is 0 Å². The average Bonchev–Trinajstić information content (AvgIpc) is 2.98. The molecule has 110 valence electrons. The summed E-state index contributed by atoms with van der Waals surface area (Å²) in [6, 6.07) is 3.78. The Kier molecular flexibility index (Phi) is 3.47. The molecule has 1 nitrogen and oxygen atoms in total. The largest absolute Gasteiger partial charge is 0.509 e. The summed E-state index contributed by atoms with van der Waals surface area (Å²) in [4.78, 5) is 0. The van der Waals surface area contributed by atoms with Gasteiger partial charge in [0.25, 0.3) is 0 Å². The summed E-state index contributed by atoms with van der Waals surface area (Å²) in [5.74, 6) is 2.83. The molecule has 2 bridgehead atoms. The Morgan fingerprint density at radius 2 is 2.00 bits per heavy atom. The maximum absolute atomic E-state index is 12.7. The lowest BCUT2D eigenvalue weighted by molar-refractivity contribution is 0.194. The molecule has 1 aromatic rings. The monoisotopic (exact) mass is 283 g/mol. The Morgan fingerprint density at radius 1 is 1.20 bits per heavy atom. The highest BCUT2D eigenvalue weighted by atomic mass is 19.4. The van der Waals surface area contributed by atoms with E-state index in [9.17, 15) is 12.9 Å². The lowest BCUT2D eigenvalue weighted by atomic mass is 9.79. The van der Waals surface area contributed by atoms with Gasteiger partial charge in [-0.2, -0.15) is 0 Å². The second kappa shape index (κ2) is 5.01. The minimum atomic E-state index is -4.92. The zero-order chi connectivity index (χ0) is 14.3. The standard InChI is InChI=1S/C15H19BF3O/c1-10-6-14(16(17,18)19)4-5-15(10)20-9-13-8-11-2-3-12(13)7-11/h4-6,11-13H,2-3,7-9H2,1H3/q-1. The highest BCUT2D eigenvalue weighted by Gasteiger charge is 2.39. The van der Waals surface area contributed by atoms with E-state index in [1.807, 2.05) is 0 Å². The fraction of sp³-hybridized carbons (Fsp3) is 0.600. The van der Waals surface area contributed by atoms with Crippen molar-refractivity contribution in [1.82, 2.24) is 0 Å². The van der Waals surface area contributed by atoms with Crippen LogP contribution in [0.5, 0.6) is 5.75 Å². The zero-order valence-corrected chi connectivity index (χ0v) is 11.6. The van der Waals surface area contributed by atoms with E-state index in [2.05, 4.69) is 0 Å². The summed E-state index contributed by atoms with van der Waals surface area (Å²) >= 11 is 0. The predicted octanol–water partition coefficient (Wildman–Crippen LogP) is 3.86. The maximum Gasteiger partial charge on any atom is 0.509 e. The van der Waals surface area contributed by atoms with Crippen LogP contribution in [0.25, 0.3) is 0 Å². The SMILES string of the molecule is Cc1cc([B-](F)(F)F)ccc1OCC1CC2CCC1C2. The van der Waals surface area contributed by atoms with Gasteiger partial charge < -0.3 is 17.7 Å². The molecule has 0 saturated heterocycles. The van der Waals surface area contributed by atoms with E-state index in [1.54, 1.807) is 6.92 Å². The molecular formula is C15H19BF3O-. The summed E-state index contributed by atoms with van der Waals surface area (Å²) in [5, 5.41) is 0. The van der Waals surface area contributed by atoms with Gasteiger partial charge >= 0.3 is 6.98 Å². The van der Waals surface area contributed by atoms with Gasteiger partial charge in [-0.25, -0.2) is 0 Å². The molecule has 20 heavy (non-hydrogen) atoms. The molecule has 2 fully saturated rings. The summed E-state index contributed by atoms with van der Waals surface area (Å²) in [6.45, 7) is -2.59. The van der Waals surface area contributed by atoms with Gasteiger partial charge in [0.15, 0.2) is 0 Å². The number of hydrogen-bond donors (Lipinski definition) is 0. The predicted molar refractivity (Wildman–Crippen MR) is 74.3 cm³/mol. The van der Waals surface area contributed by atoms with E-state index in [0.717, 1.165) is 17.9 Å². The number of benzene rings is 1. The molecule has 0 N–H and O–H groups in total. The van der Waals surface area contributed by atoms with E-state index < -0.39 is 12.4 Å². The van der Waals surface area contributed by atoms with Crippen molar-refractivity contribution in [2.45, 2.75) is 32.6 Å². The fourth-order valence-electron chi connectivity index (χ4n) is 3.82. The van der Waals surface area contributed by atoms with Gasteiger partial charge in [-0.1, -0.05) is 18.6 Å². The van der Waals surface area contributed by atoms with Crippen LogP contribution in [0.1, 0.15) is 31.2 Å². The second-order valence-electron chi connectivity index (χ2n) is 6.35. The lowest BCUT2D eigenvalue weighted by Crippen LogP contribution is -2.34. The molecule has 3 atom stereocenters. The van der Waals surface area contributed by atoms with Crippen molar-refractivity contribution >= 4 is 12.4 Å². The van der Waals surface area contributed by atoms with Gasteiger partial charge in [0.2, 0.25) is 0 Å². The fourth-order valence-corrected chi connectivity index (χ4v) is 3.82. The minimum absolute atomic E-state index is 0.547. The molecule has 0 aromatic heterocycles. The van der Waals surface area contributed by atoms with E-state index in [0.29, 0.717) is 23.8 Å². The molecule has 2 aliphatic carbocycles. The Bertz CT molecular complexity index is 500. The number of hydrogen-bond acceptors (Lipinski definition) is 1. The Labute approximate surface area is 117 Å². The van der Waals surface area contributed by atoms with E-state index in [4.69, 9.17) is 4.74 Å². The highest BCUT2D eigenvalue weighted by molar-refractivity contribution is 6.73. The van der Waals surface area contributed by atoms with Crippen LogP contribution in [0.2, 0.25) is 0 Å². The van der Waals surface area contributed by atoms with Gasteiger partial charge in [0, 0.05) is 0 Å². The number of halogens is 3. The molecule has 0 heterocycles. The first-order chi connectivity index (χ1) is 9.43. The quantitative estimate of drug-likeness (QED) is 0.762. The van der Waals surface area contributed by atoms with Gasteiger partial charge in [0.1, 0.15) is 5.75 Å². The second-order valence-corrected chi connectivity index (χ2v) is 6.35. The molecule has 5 heteroatoms. The zero-order valence-electron chi connectivity index (χ0n) is 11.6. The number of ether oxygens (including phenoxy) is 1. The molecule has 0 radical (unpaired) electrons. The van der Waals surface area contributed by atoms with Crippen molar-refractivity contribution in [3.8, 4) is 5.75 Å². The van der Waals surface area contributed by atoms with E-state index >= 15 is 0 Å². The number of fused-ring (bicyclic) bond motifs is 2. The third-order valence-corrected chi connectivity index (χ3v) is 4.91. The first-order valence-corrected chi connectivity index (χ1v) is 7.37. The van der Waals surface area contributed by atoms with Gasteiger partial charge in [-0.15, -0.1) is 5.46 Å². The van der Waals surface area contributed by atoms with Crippen LogP contribution < -0.4 is 10.2 Å². The van der Waals surface area contributed by atoms with E-state index in [1.165, 1.54) is 37.8 Å². The summed E-state index contributed by atoms with van der Waals surface area (Å²) in [6.07, 6.45) is 5.20. The van der Waals surface area contributed by atoms with Crippen molar-refractivity contribution in [3.63, 3.8) is 0 Å². The minimum Gasteiger partial charge on any atom is -0.493 e. The Balaban J connectivity index is 1.63. The summed E-state index contributed by atoms with van der Waals surface area (Å²) in [5.41, 5.74) is 0.0274. The molecule has 0 amide bonds. The molecule has 0 aliphatic heterocycles. The molecular weight excluding hydrogens is 264 g/mol. The van der Waals surface area contributed by atoms with Crippen LogP contribution in [0.4, 0.5) is 12.9 Å². The van der Waals surface area contributed by atoms with Crippen molar-refractivity contribution in [3.05, 3.63) is 23.8 Å². The van der Waals surface area contributed by atoms with Crippen LogP contribution in [-0.2, 0) is 0 Å². The average molecular weight is 283 g/mol. The molecule has 1 aromatic carbocycles. The van der Waals surface area contributed by atoms with Crippen molar-refractivity contribution in [2.24, 2.45) is 17.8 Å². The van der Waals surface area contributed by atoms with E-state index in [-0.39, 0.29) is 0 Å². The molecule has 3 unspecified atom stereocenters. The Morgan fingerprint density at radius 3 is 2.55 bits per heavy atom. The van der Waals surface area contributed by atoms with Crippen LogP contribution in [0, 0.1) is 24.7 Å².